The van der Waals surface area contributed by atoms with E-state index < -0.39 is 0 Å². The topological polar surface area (TPSA) is 68.3 Å². The Morgan fingerprint density at radius 2 is 1.19 bits per heavy atom. The van der Waals surface area contributed by atoms with Crippen molar-refractivity contribution in [1.82, 2.24) is 0 Å². The number of carbonyl (C=O) groups is 4. The minimum absolute atomic E-state index is 0.0869. The van der Waals surface area contributed by atoms with Crippen molar-refractivity contribution in [1.29, 1.82) is 0 Å². The molecule has 0 N–H and O–H groups in total. The predicted octanol–water partition coefficient (Wildman–Crippen LogP) is 5.07. The van der Waals surface area contributed by atoms with Crippen LogP contribution in [0.2, 0.25) is 0 Å². The van der Waals surface area contributed by atoms with E-state index in [4.69, 9.17) is 0 Å². The molecule has 0 saturated heterocycles. The molecule has 1 atom stereocenters. The highest BCUT2D eigenvalue weighted by Gasteiger charge is 2.24. The second kappa shape index (κ2) is 7.73. The van der Waals surface area contributed by atoms with Gasteiger partial charge in [0.2, 0.25) is 0 Å². The maximum absolute atomic E-state index is 12.9. The van der Waals surface area contributed by atoms with Gasteiger partial charge in [0.05, 0.1) is 0 Å². The van der Waals surface area contributed by atoms with Crippen molar-refractivity contribution in [2.75, 3.05) is 0 Å². The van der Waals surface area contributed by atoms with Crippen LogP contribution in [0.5, 0.6) is 0 Å². The van der Waals surface area contributed by atoms with Gasteiger partial charge in [0.1, 0.15) is 0 Å². The number of carbonyl (C=O) groups excluding carboxylic acids is 4. The smallest absolute Gasteiger partial charge is 0.166 e. The molecule has 2 aromatic rings. The quantitative estimate of drug-likeness (QED) is 0.653. The first-order valence-electron chi connectivity index (χ1n) is 8.93. The van der Waals surface area contributed by atoms with E-state index in [1.165, 1.54) is 13.8 Å². The molecule has 0 saturated carbocycles. The molecule has 2 aromatic carbocycles. The van der Waals surface area contributed by atoms with Crippen molar-refractivity contribution in [3.63, 3.8) is 0 Å². The molecular weight excluding hydrogens is 328 g/mol. The predicted molar refractivity (Wildman–Crippen MR) is 102 cm³/mol. The fraction of sp³-hybridized carbons (Fsp3) is 0.364. The minimum Gasteiger partial charge on any atom is -0.294 e. The second-order valence-electron chi connectivity index (χ2n) is 6.63. The van der Waals surface area contributed by atoms with Crippen LogP contribution < -0.4 is 0 Å². The molecular formula is C22H24O4. The zero-order chi connectivity index (χ0) is 19.6. The van der Waals surface area contributed by atoms with Gasteiger partial charge in [-0.25, -0.2) is 0 Å². The largest absolute Gasteiger partial charge is 0.294 e. The third-order valence-electron chi connectivity index (χ3n) is 4.87. The summed E-state index contributed by atoms with van der Waals surface area (Å²) in [7, 11) is 0. The Kier molecular flexibility index (Phi) is 5.86. The average Bonchev–Trinajstić information content (AvgIpc) is 2.63. The van der Waals surface area contributed by atoms with Crippen LogP contribution in [-0.2, 0) is 0 Å². The molecule has 0 amide bonds. The van der Waals surface area contributed by atoms with E-state index in [1.54, 1.807) is 31.2 Å². The van der Waals surface area contributed by atoms with Crippen LogP contribution in [0.3, 0.4) is 0 Å². The van der Waals surface area contributed by atoms with Gasteiger partial charge in [0.25, 0.3) is 0 Å². The molecule has 1 unspecified atom stereocenters. The van der Waals surface area contributed by atoms with Crippen molar-refractivity contribution < 1.29 is 19.2 Å². The lowest BCUT2D eigenvalue weighted by Crippen LogP contribution is -2.14. The normalized spacial score (nSPS) is 12.0. The van der Waals surface area contributed by atoms with E-state index >= 15 is 0 Å². The first-order chi connectivity index (χ1) is 12.2. The molecule has 0 bridgehead atoms. The number of hydrogen-bond acceptors (Lipinski definition) is 4. The molecule has 2 rings (SSSR count). The van der Waals surface area contributed by atoms with Crippen LogP contribution >= 0.6 is 0 Å². The van der Waals surface area contributed by atoms with Crippen LogP contribution in [-0.4, -0.2) is 23.1 Å². The molecule has 0 fully saturated rings. The highest BCUT2D eigenvalue weighted by Crippen LogP contribution is 2.33. The summed E-state index contributed by atoms with van der Waals surface area (Å²) >= 11 is 0. The van der Waals surface area contributed by atoms with Crippen molar-refractivity contribution in [3.05, 3.63) is 46.5 Å². The lowest BCUT2D eigenvalue weighted by atomic mass is 9.84. The Hall–Kier alpha value is -2.62. The van der Waals surface area contributed by atoms with Gasteiger partial charge >= 0.3 is 0 Å². The summed E-state index contributed by atoms with van der Waals surface area (Å²) in [6, 6.07) is 6.39. The maximum Gasteiger partial charge on any atom is 0.166 e. The van der Waals surface area contributed by atoms with Crippen molar-refractivity contribution in [3.8, 4) is 0 Å². The molecule has 4 heteroatoms. The SMILES string of the molecule is CCC(=O)c1ccc(C(=O)C(C)CC)c2c(C(C)=O)ccc(C(C)=O)c12. The fourth-order valence-electron chi connectivity index (χ4n) is 3.16. The Bertz CT molecular complexity index is 921. The van der Waals surface area contributed by atoms with E-state index in [0.717, 1.165) is 0 Å². The lowest BCUT2D eigenvalue weighted by molar-refractivity contribution is 0.0926. The number of hydrogen-bond donors (Lipinski definition) is 0. The molecule has 0 aliphatic rings. The third kappa shape index (κ3) is 3.36. The standard InChI is InChI=1S/C22H24O4/c1-6-12(3)22(26)18-11-10-17(19(25)7-2)20-15(13(4)23)8-9-16(14(5)24)21(18)20/h8-12H,6-7H2,1-5H3. The molecule has 4 nitrogen and oxygen atoms in total. The van der Waals surface area contributed by atoms with Crippen LogP contribution in [0, 0.1) is 5.92 Å². The summed E-state index contributed by atoms with van der Waals surface area (Å²) in [6.07, 6.45) is 0.938. The van der Waals surface area contributed by atoms with Crippen LogP contribution in [0.1, 0.15) is 88.9 Å². The highest BCUT2D eigenvalue weighted by atomic mass is 16.1. The minimum atomic E-state index is -0.216. The summed E-state index contributed by atoms with van der Waals surface area (Å²) in [5.74, 6) is -0.837. The highest BCUT2D eigenvalue weighted by molar-refractivity contribution is 6.25. The van der Waals surface area contributed by atoms with Gasteiger partial charge in [-0.3, -0.25) is 19.2 Å². The Labute approximate surface area is 153 Å². The van der Waals surface area contributed by atoms with E-state index in [-0.39, 0.29) is 35.5 Å². The summed E-state index contributed by atoms with van der Waals surface area (Å²) in [4.78, 5) is 49.8. The summed E-state index contributed by atoms with van der Waals surface area (Å²) in [5.41, 5.74) is 1.51. The van der Waals surface area contributed by atoms with E-state index in [0.29, 0.717) is 39.4 Å². The first-order valence-corrected chi connectivity index (χ1v) is 8.93. The van der Waals surface area contributed by atoms with Crippen LogP contribution in [0.15, 0.2) is 24.3 Å². The van der Waals surface area contributed by atoms with Crippen LogP contribution in [0.4, 0.5) is 0 Å². The third-order valence-corrected chi connectivity index (χ3v) is 4.87. The lowest BCUT2D eigenvalue weighted by Gasteiger charge is -2.17. The van der Waals surface area contributed by atoms with E-state index in [1.807, 2.05) is 13.8 Å². The van der Waals surface area contributed by atoms with Crippen LogP contribution in [0.25, 0.3) is 10.8 Å². The molecule has 0 radical (unpaired) electrons. The van der Waals surface area contributed by atoms with Crippen molar-refractivity contribution >= 4 is 33.9 Å². The molecule has 0 heterocycles. The first kappa shape index (κ1) is 19.7. The average molecular weight is 352 g/mol. The van der Waals surface area contributed by atoms with Gasteiger partial charge < -0.3 is 0 Å². The van der Waals surface area contributed by atoms with Gasteiger partial charge in [0, 0.05) is 45.4 Å². The molecule has 136 valence electrons. The Morgan fingerprint density at radius 3 is 1.62 bits per heavy atom. The van der Waals surface area contributed by atoms with Gasteiger partial charge in [-0.05, 0) is 20.3 Å². The molecule has 0 aromatic heterocycles. The molecule has 0 spiro atoms. The van der Waals surface area contributed by atoms with E-state index in [9.17, 15) is 19.2 Å². The molecule has 0 aliphatic carbocycles. The van der Waals surface area contributed by atoms with Gasteiger partial charge in [-0.15, -0.1) is 0 Å². The number of rotatable bonds is 7. The number of ketones is 4. The monoisotopic (exact) mass is 352 g/mol. The summed E-state index contributed by atoms with van der Waals surface area (Å²) in [6.45, 7) is 8.35. The number of Topliss-reactive ketones (excluding diaryl/α,β-unsaturated/α-hetero) is 4. The zero-order valence-corrected chi connectivity index (χ0v) is 15.9. The number of fused-ring (bicyclic) bond motifs is 1. The van der Waals surface area contributed by atoms with Crippen molar-refractivity contribution in [2.24, 2.45) is 5.92 Å². The Balaban J connectivity index is 3.07. The van der Waals surface area contributed by atoms with E-state index in [2.05, 4.69) is 0 Å². The summed E-state index contributed by atoms with van der Waals surface area (Å²) < 4.78 is 0. The number of benzene rings is 2. The zero-order valence-electron chi connectivity index (χ0n) is 15.9. The second-order valence-corrected chi connectivity index (χ2v) is 6.63. The maximum atomic E-state index is 12.9. The van der Waals surface area contributed by atoms with Gasteiger partial charge in [-0.1, -0.05) is 45.0 Å². The molecule has 26 heavy (non-hydrogen) atoms. The Morgan fingerprint density at radius 1 is 0.769 bits per heavy atom. The fourth-order valence-corrected chi connectivity index (χ4v) is 3.16. The molecule has 0 aliphatic heterocycles. The van der Waals surface area contributed by atoms with Crippen molar-refractivity contribution in [2.45, 2.75) is 47.5 Å². The van der Waals surface area contributed by atoms with Gasteiger partial charge in [-0.2, -0.15) is 0 Å². The summed E-state index contributed by atoms with van der Waals surface area (Å²) in [5, 5.41) is 0.848. The van der Waals surface area contributed by atoms with Gasteiger partial charge in [0.15, 0.2) is 23.1 Å².